The number of rotatable bonds is 13. The normalized spacial score (nSPS) is 15.5. The molecule has 2 heterocycles. The van der Waals surface area contributed by atoms with Gasteiger partial charge in [-0.2, -0.15) is 4.99 Å². The first-order valence-corrected chi connectivity index (χ1v) is 15.2. The number of esters is 2. The summed E-state index contributed by atoms with van der Waals surface area (Å²) >= 11 is 0. The van der Waals surface area contributed by atoms with E-state index in [0.29, 0.717) is 0 Å². The minimum absolute atomic E-state index is 0.00281. The number of carbonyl (C=O) groups is 4. The van der Waals surface area contributed by atoms with Crippen LogP contribution in [0.1, 0.15) is 40.2 Å². The Kier molecular flexibility index (Phi) is 18.5. The van der Waals surface area contributed by atoms with Crippen LogP contribution in [0.25, 0.3) is 16.3 Å². The minimum atomic E-state index is -0.858. The van der Waals surface area contributed by atoms with Crippen molar-refractivity contribution >= 4 is 41.5 Å². The zero-order valence-corrected chi connectivity index (χ0v) is 28.5. The average Bonchev–Trinajstić information content (AvgIpc) is 3.09. The van der Waals surface area contributed by atoms with Gasteiger partial charge in [-0.05, 0) is 58.9 Å². The molecule has 0 N–H and O–H groups in total. The maximum Gasteiger partial charge on any atom is 0.344 e. The average molecular weight is 688 g/mol. The van der Waals surface area contributed by atoms with Crippen molar-refractivity contribution in [2.24, 2.45) is 18.0 Å². The Hall–Kier alpha value is -6.39. The summed E-state index contributed by atoms with van der Waals surface area (Å²) in [6, 6.07) is -0.696. The van der Waals surface area contributed by atoms with Gasteiger partial charge in [0.15, 0.2) is 5.78 Å². The molecule has 2 rings (SSSR count). The first-order chi connectivity index (χ1) is 23.9. The zero-order valence-electron chi connectivity index (χ0n) is 28.5. The number of aromatic nitrogens is 2. The fraction of sp³-hybridized carbons (Fsp3) is 0.314. The van der Waals surface area contributed by atoms with Crippen molar-refractivity contribution in [2.75, 3.05) is 26.4 Å². The first kappa shape index (κ1) is 41.6. The van der Waals surface area contributed by atoms with Gasteiger partial charge in [0.25, 0.3) is 17.2 Å². The molecule has 1 atom stereocenters. The van der Waals surface area contributed by atoms with E-state index in [2.05, 4.69) is 24.3 Å². The molecule has 15 heteroatoms. The van der Waals surface area contributed by atoms with Gasteiger partial charge in [0.1, 0.15) is 11.5 Å². The van der Waals surface area contributed by atoms with Crippen LogP contribution < -0.4 is 15.4 Å². The highest BCUT2D eigenvalue weighted by molar-refractivity contribution is 6.30. The van der Waals surface area contributed by atoms with Crippen molar-refractivity contribution in [3.05, 3.63) is 104 Å². The van der Waals surface area contributed by atoms with E-state index in [9.17, 15) is 29.1 Å². The molecule has 1 aromatic rings. The third-order valence-corrected chi connectivity index (χ3v) is 5.99. The molecule has 0 fully saturated rings. The fourth-order valence-corrected chi connectivity index (χ4v) is 3.52. The maximum absolute atomic E-state index is 12.3. The molecular weight excluding hydrogens is 650 g/mol. The van der Waals surface area contributed by atoms with Gasteiger partial charge in [-0.3, -0.25) is 25.0 Å². The Morgan fingerprint density at radius 1 is 0.960 bits per heavy atom. The lowest BCUT2D eigenvalue weighted by Gasteiger charge is -2.17. The number of nitrogens with zero attached hydrogens (tertiary/aromatic N) is 5. The van der Waals surface area contributed by atoms with Crippen LogP contribution in [0.15, 0.2) is 81.3 Å². The summed E-state index contributed by atoms with van der Waals surface area (Å²) in [7, 11) is 1.33. The highest BCUT2D eigenvalue weighted by Gasteiger charge is 2.33. The molecule has 0 aliphatic carbocycles. The van der Waals surface area contributed by atoms with E-state index >= 15 is 0 Å². The Balaban J connectivity index is 0.000000530. The van der Waals surface area contributed by atoms with Crippen LogP contribution in [0.4, 0.5) is 0 Å². The SMILES string of the molecule is CCOC1=NC(=O)C(C)C(=O)C1=CC=CC=Cc1c(OCC)nc([O-])n(C)c1=O.[C-]#[N+]C(=CC=CC=CC(=C=[N-])C(=O)OCC)C(=O)OCC. The van der Waals surface area contributed by atoms with E-state index in [0.717, 1.165) is 4.57 Å². The number of Topliss-reactive ketones (excluding diaryl/α,β-unsaturated/α-hetero) is 1. The molecule has 1 aliphatic rings. The van der Waals surface area contributed by atoms with Crippen LogP contribution in [0.2, 0.25) is 0 Å². The van der Waals surface area contributed by atoms with Crippen LogP contribution in [0.5, 0.6) is 11.9 Å². The lowest BCUT2D eigenvalue weighted by atomic mass is 9.95. The summed E-state index contributed by atoms with van der Waals surface area (Å²) in [6.45, 7) is 16.0. The number of amides is 1. The Morgan fingerprint density at radius 3 is 2.20 bits per heavy atom. The van der Waals surface area contributed by atoms with E-state index in [4.69, 9.17) is 21.5 Å². The highest BCUT2D eigenvalue weighted by Crippen LogP contribution is 2.18. The van der Waals surface area contributed by atoms with Crippen molar-refractivity contribution in [3.63, 3.8) is 0 Å². The molecule has 1 aromatic heterocycles. The number of carbonyl (C=O) groups excluding carboxylic acids is 4. The second kappa shape index (κ2) is 22.2. The summed E-state index contributed by atoms with van der Waals surface area (Å²) in [6.07, 6.45) is 14.5. The Bertz CT molecular complexity index is 1800. The largest absolute Gasteiger partial charge is 0.846 e. The molecule has 0 radical (unpaired) electrons. The number of allylic oxidation sites excluding steroid dienone is 8. The van der Waals surface area contributed by atoms with E-state index in [-0.39, 0.29) is 66.4 Å². The molecule has 0 aromatic carbocycles. The topological polar surface area (TPSA) is 202 Å². The monoisotopic (exact) mass is 687 g/mol. The molecule has 0 bridgehead atoms. The highest BCUT2D eigenvalue weighted by atomic mass is 16.5. The van der Waals surface area contributed by atoms with Crippen molar-refractivity contribution in [2.45, 2.75) is 34.6 Å². The summed E-state index contributed by atoms with van der Waals surface area (Å²) in [4.78, 5) is 69.5. The minimum Gasteiger partial charge on any atom is -0.846 e. The summed E-state index contributed by atoms with van der Waals surface area (Å²) < 4.78 is 20.8. The van der Waals surface area contributed by atoms with E-state index in [1.165, 1.54) is 56.5 Å². The molecule has 1 unspecified atom stereocenters. The summed E-state index contributed by atoms with van der Waals surface area (Å²) in [5.74, 6) is -1.49. The predicted molar refractivity (Wildman–Crippen MR) is 183 cm³/mol. The fourth-order valence-electron chi connectivity index (χ4n) is 3.52. The molecule has 1 amide bonds. The number of aliphatic imine (C=N–C) groups is 1. The number of ketones is 1. The maximum atomic E-state index is 12.3. The van der Waals surface area contributed by atoms with Gasteiger partial charge >= 0.3 is 11.9 Å². The quantitative estimate of drug-likeness (QED) is 0.0736. The van der Waals surface area contributed by atoms with Gasteiger partial charge in [0.2, 0.25) is 11.8 Å². The zero-order chi connectivity index (χ0) is 37.6. The van der Waals surface area contributed by atoms with Gasteiger partial charge in [-0.15, -0.1) is 0 Å². The molecule has 0 saturated carbocycles. The molecule has 50 heavy (non-hydrogen) atoms. The van der Waals surface area contributed by atoms with E-state index in [1.54, 1.807) is 51.8 Å². The van der Waals surface area contributed by atoms with Gasteiger partial charge < -0.3 is 34.0 Å². The predicted octanol–water partition coefficient (Wildman–Crippen LogP) is 3.12. The van der Waals surface area contributed by atoms with Gasteiger partial charge in [-0.1, -0.05) is 36.5 Å². The van der Waals surface area contributed by atoms with Gasteiger partial charge in [-0.25, -0.2) is 14.6 Å². The van der Waals surface area contributed by atoms with Crippen LogP contribution in [0.3, 0.4) is 0 Å². The van der Waals surface area contributed by atoms with Crippen molar-refractivity contribution in [1.82, 2.24) is 9.55 Å². The second-order valence-corrected chi connectivity index (χ2v) is 9.38. The van der Waals surface area contributed by atoms with Crippen LogP contribution in [-0.4, -0.2) is 71.4 Å². The molecule has 0 saturated heterocycles. The summed E-state index contributed by atoms with van der Waals surface area (Å²) in [5, 5.41) is 20.4. The lowest BCUT2D eigenvalue weighted by molar-refractivity contribution is -0.286. The van der Waals surface area contributed by atoms with Crippen LogP contribution in [0, 0.1) is 12.5 Å². The smallest absolute Gasteiger partial charge is 0.344 e. The van der Waals surface area contributed by atoms with Crippen molar-refractivity contribution < 1.29 is 43.2 Å². The molecule has 264 valence electrons. The first-order valence-electron chi connectivity index (χ1n) is 15.2. The number of hydrogen-bond donors (Lipinski definition) is 0. The Morgan fingerprint density at radius 2 is 1.60 bits per heavy atom. The molecular formula is C35H37N5O10-2. The molecule has 1 aliphatic heterocycles. The van der Waals surface area contributed by atoms with E-state index < -0.39 is 35.3 Å². The second-order valence-electron chi connectivity index (χ2n) is 9.38. The van der Waals surface area contributed by atoms with Crippen molar-refractivity contribution in [3.8, 4) is 11.9 Å². The standard InChI is InChI=1S/C20H23N3O6.C15H15N2O4/c1-5-28-17-13(15(24)12(3)16(25)21-17)10-8-7-9-11-14-18(29-6-2)22-20(27)23(4)19(14)26;1-4-20-14(18)12(11-16)9-7-6-8-10-13(17-3)15(19)21-5-2/h7-12H,5-6H2,1-4H3,(H,22,27);6-10H,4-5H2,1-2H3/q;-1/p-1. The van der Waals surface area contributed by atoms with E-state index in [1.807, 2.05) is 0 Å². The van der Waals surface area contributed by atoms with Gasteiger partial charge in [0, 0.05) is 7.05 Å². The third kappa shape index (κ3) is 12.7. The Labute approximate surface area is 289 Å². The third-order valence-electron chi connectivity index (χ3n) is 5.99. The van der Waals surface area contributed by atoms with Crippen LogP contribution >= 0.6 is 0 Å². The summed E-state index contributed by atoms with van der Waals surface area (Å²) in [5.41, 5.74) is -0.489. The van der Waals surface area contributed by atoms with Crippen LogP contribution in [-0.2, 0) is 40.4 Å². The molecule has 15 nitrogen and oxygen atoms in total. The van der Waals surface area contributed by atoms with Crippen molar-refractivity contribution in [1.29, 1.82) is 0 Å². The van der Waals surface area contributed by atoms with Gasteiger partial charge in [0.05, 0.1) is 50.2 Å². The number of ether oxygens (including phenoxy) is 4. The number of hydrogen-bond acceptors (Lipinski definition) is 11. The lowest BCUT2D eigenvalue weighted by Crippen LogP contribution is -2.32. The molecule has 0 spiro atoms.